The minimum atomic E-state index is -0.0699. The van der Waals surface area contributed by atoms with E-state index in [1.54, 1.807) is 16.0 Å². The Morgan fingerprint density at radius 2 is 1.59 bits per heavy atom. The smallest absolute Gasteiger partial charge is 0.255 e. The number of aromatic nitrogens is 2. The molecule has 174 valence electrons. The van der Waals surface area contributed by atoms with Gasteiger partial charge in [-0.3, -0.25) is 9.69 Å². The zero-order valence-electron chi connectivity index (χ0n) is 19.1. The predicted octanol–water partition coefficient (Wildman–Crippen LogP) is 4.54. The van der Waals surface area contributed by atoms with Crippen molar-refractivity contribution in [1.29, 1.82) is 0 Å². The minimum absolute atomic E-state index is 0.0699. The average Bonchev–Trinajstić information content (AvgIpc) is 3.58. The van der Waals surface area contributed by atoms with E-state index in [0.717, 1.165) is 55.4 Å². The Morgan fingerprint density at radius 3 is 2.26 bits per heavy atom. The fourth-order valence-electron chi connectivity index (χ4n) is 4.32. The molecule has 0 aliphatic carbocycles. The number of piperazine rings is 1. The first-order chi connectivity index (χ1) is 16.8. The highest BCUT2D eigenvalue weighted by atomic mass is 32.1. The molecular weight excluding hydrogens is 442 g/mol. The topological polar surface area (TPSA) is 53.4 Å². The number of carbonyl (C=O) groups is 1. The Bertz CT molecular complexity index is 1180. The molecule has 1 N–H and O–H groups in total. The summed E-state index contributed by atoms with van der Waals surface area (Å²) in [6.45, 7) is 5.82. The van der Waals surface area contributed by atoms with Gasteiger partial charge in [0.2, 0.25) is 0 Å². The van der Waals surface area contributed by atoms with Crippen LogP contribution in [-0.2, 0) is 0 Å². The van der Waals surface area contributed by atoms with Crippen molar-refractivity contribution in [3.8, 4) is 16.3 Å². The number of nitrogens with one attached hydrogen (secondary N) is 1. The zero-order valence-corrected chi connectivity index (χ0v) is 20.0. The van der Waals surface area contributed by atoms with Gasteiger partial charge in [0.1, 0.15) is 5.69 Å². The van der Waals surface area contributed by atoms with Gasteiger partial charge < -0.3 is 10.2 Å². The number of nitrogens with zero attached hydrogens (tertiary/aromatic N) is 4. The summed E-state index contributed by atoms with van der Waals surface area (Å²) in [6.07, 6.45) is 2.76. The molecule has 2 aromatic heterocycles. The molecule has 0 saturated carbocycles. The molecule has 2 aromatic carbocycles. The lowest BCUT2D eigenvalue weighted by Crippen LogP contribution is -2.47. The highest BCUT2D eigenvalue weighted by molar-refractivity contribution is 7.13. The largest absolute Gasteiger partial charge is 0.369 e. The first kappa shape index (κ1) is 22.4. The monoisotopic (exact) mass is 471 g/mol. The Hall–Kier alpha value is -3.42. The number of rotatable bonds is 8. The van der Waals surface area contributed by atoms with Gasteiger partial charge in [-0.15, -0.1) is 11.3 Å². The van der Waals surface area contributed by atoms with Crippen molar-refractivity contribution >= 4 is 22.9 Å². The van der Waals surface area contributed by atoms with E-state index in [9.17, 15) is 4.79 Å². The summed E-state index contributed by atoms with van der Waals surface area (Å²) in [5.41, 5.74) is 3.58. The van der Waals surface area contributed by atoms with Gasteiger partial charge in [-0.25, -0.2) is 4.68 Å². The van der Waals surface area contributed by atoms with Crippen LogP contribution in [-0.4, -0.2) is 59.9 Å². The van der Waals surface area contributed by atoms with Crippen LogP contribution in [0.3, 0.4) is 0 Å². The zero-order chi connectivity index (χ0) is 23.2. The Morgan fingerprint density at radius 1 is 0.882 bits per heavy atom. The molecule has 1 aliphatic heterocycles. The molecule has 5 rings (SSSR count). The molecule has 0 bridgehead atoms. The standard InChI is InChI=1S/C27H29N5OS/c33-27(28-14-8-15-30-16-18-31(19-17-30)22-9-3-1-4-10-22)24-21-32(23-11-5-2-6-12-23)29-26(24)25-13-7-20-34-25/h1-7,9-13,20-21H,8,14-19H2,(H,28,33). The molecule has 0 atom stereocenters. The first-order valence-electron chi connectivity index (χ1n) is 11.8. The van der Waals surface area contributed by atoms with Gasteiger partial charge in [0.15, 0.2) is 0 Å². The molecule has 4 aromatic rings. The van der Waals surface area contributed by atoms with E-state index in [4.69, 9.17) is 5.10 Å². The highest BCUT2D eigenvalue weighted by Gasteiger charge is 2.20. The molecule has 0 radical (unpaired) electrons. The second kappa shape index (κ2) is 10.7. The number of hydrogen-bond acceptors (Lipinski definition) is 5. The van der Waals surface area contributed by atoms with Gasteiger partial charge in [0.05, 0.1) is 16.1 Å². The van der Waals surface area contributed by atoms with Gasteiger partial charge in [-0.2, -0.15) is 5.10 Å². The van der Waals surface area contributed by atoms with Crippen LogP contribution in [0.15, 0.2) is 84.4 Å². The minimum Gasteiger partial charge on any atom is -0.369 e. The highest BCUT2D eigenvalue weighted by Crippen LogP contribution is 2.27. The third kappa shape index (κ3) is 5.21. The molecule has 1 aliphatic rings. The number of amides is 1. The molecule has 1 saturated heterocycles. The van der Waals surface area contributed by atoms with Crippen LogP contribution in [0.5, 0.6) is 0 Å². The van der Waals surface area contributed by atoms with Crippen molar-refractivity contribution in [2.45, 2.75) is 6.42 Å². The van der Waals surface area contributed by atoms with Crippen LogP contribution in [0.4, 0.5) is 5.69 Å². The van der Waals surface area contributed by atoms with Crippen LogP contribution in [0.2, 0.25) is 0 Å². The SMILES string of the molecule is O=C(NCCCN1CCN(c2ccccc2)CC1)c1cn(-c2ccccc2)nc1-c1cccs1. The summed E-state index contributed by atoms with van der Waals surface area (Å²) in [7, 11) is 0. The molecule has 3 heterocycles. The van der Waals surface area contributed by atoms with E-state index in [2.05, 4.69) is 45.4 Å². The van der Waals surface area contributed by atoms with Crippen LogP contribution in [0.25, 0.3) is 16.3 Å². The number of benzene rings is 2. The molecule has 34 heavy (non-hydrogen) atoms. The average molecular weight is 472 g/mol. The normalized spacial score (nSPS) is 14.3. The lowest BCUT2D eigenvalue weighted by molar-refractivity contribution is 0.0952. The van der Waals surface area contributed by atoms with E-state index in [1.165, 1.54) is 5.69 Å². The van der Waals surface area contributed by atoms with Gasteiger partial charge in [-0.1, -0.05) is 42.5 Å². The summed E-state index contributed by atoms with van der Waals surface area (Å²) in [5, 5.41) is 9.86. The molecule has 0 unspecified atom stereocenters. The van der Waals surface area contributed by atoms with Crippen LogP contribution in [0.1, 0.15) is 16.8 Å². The van der Waals surface area contributed by atoms with Crippen LogP contribution in [0, 0.1) is 0 Å². The maximum absolute atomic E-state index is 13.1. The molecule has 7 heteroatoms. The maximum Gasteiger partial charge on any atom is 0.255 e. The van der Waals surface area contributed by atoms with E-state index in [0.29, 0.717) is 12.1 Å². The van der Waals surface area contributed by atoms with Gasteiger partial charge >= 0.3 is 0 Å². The number of thiophene rings is 1. The van der Waals surface area contributed by atoms with Crippen molar-refractivity contribution in [3.63, 3.8) is 0 Å². The first-order valence-corrected chi connectivity index (χ1v) is 12.7. The van der Waals surface area contributed by atoms with Crippen molar-refractivity contribution in [3.05, 3.63) is 89.9 Å². The van der Waals surface area contributed by atoms with Gasteiger partial charge in [-0.05, 0) is 48.7 Å². The van der Waals surface area contributed by atoms with Crippen molar-refractivity contribution in [2.75, 3.05) is 44.2 Å². The molecular formula is C27H29N5OS. The molecule has 6 nitrogen and oxygen atoms in total. The quantitative estimate of drug-likeness (QED) is 0.383. The predicted molar refractivity (Wildman–Crippen MR) is 139 cm³/mol. The van der Waals surface area contributed by atoms with Crippen molar-refractivity contribution in [1.82, 2.24) is 20.0 Å². The fraction of sp³-hybridized carbons (Fsp3) is 0.259. The van der Waals surface area contributed by atoms with E-state index in [-0.39, 0.29) is 5.91 Å². The third-order valence-electron chi connectivity index (χ3n) is 6.16. The fourth-order valence-corrected chi connectivity index (χ4v) is 5.04. The maximum atomic E-state index is 13.1. The summed E-state index contributed by atoms with van der Waals surface area (Å²) in [4.78, 5) is 19.0. The molecule has 0 spiro atoms. The second-order valence-corrected chi connectivity index (χ2v) is 9.37. The number of anilines is 1. The lowest BCUT2D eigenvalue weighted by Gasteiger charge is -2.36. The van der Waals surface area contributed by atoms with E-state index < -0.39 is 0 Å². The Balaban J connectivity index is 1.15. The second-order valence-electron chi connectivity index (χ2n) is 8.42. The summed E-state index contributed by atoms with van der Waals surface area (Å²) in [6, 6.07) is 24.5. The summed E-state index contributed by atoms with van der Waals surface area (Å²) < 4.78 is 1.79. The number of para-hydroxylation sites is 2. The number of hydrogen-bond donors (Lipinski definition) is 1. The third-order valence-corrected chi connectivity index (χ3v) is 7.04. The van der Waals surface area contributed by atoms with Crippen molar-refractivity contribution in [2.24, 2.45) is 0 Å². The summed E-state index contributed by atoms with van der Waals surface area (Å²) in [5.74, 6) is -0.0699. The Kier molecular flexibility index (Phi) is 7.02. The summed E-state index contributed by atoms with van der Waals surface area (Å²) >= 11 is 1.60. The van der Waals surface area contributed by atoms with Gasteiger partial charge in [0.25, 0.3) is 5.91 Å². The van der Waals surface area contributed by atoms with Crippen LogP contribution < -0.4 is 10.2 Å². The Labute approximate surface area is 204 Å². The molecule has 1 fully saturated rings. The number of carbonyl (C=O) groups excluding carboxylic acids is 1. The van der Waals surface area contributed by atoms with E-state index in [1.807, 2.05) is 54.0 Å². The van der Waals surface area contributed by atoms with Gasteiger partial charge in [0, 0.05) is 44.6 Å². The van der Waals surface area contributed by atoms with Crippen LogP contribution >= 0.6 is 11.3 Å². The van der Waals surface area contributed by atoms with Crippen molar-refractivity contribution < 1.29 is 4.79 Å². The van der Waals surface area contributed by atoms with E-state index >= 15 is 0 Å². The molecule has 1 amide bonds. The lowest BCUT2D eigenvalue weighted by atomic mass is 10.2.